The van der Waals surface area contributed by atoms with Crippen molar-refractivity contribution in [3.63, 3.8) is 0 Å². The Kier molecular flexibility index (Phi) is 5.31. The predicted molar refractivity (Wildman–Crippen MR) is 80.8 cm³/mol. The van der Waals surface area contributed by atoms with E-state index in [2.05, 4.69) is 27.1 Å². The molecular formula is C15H26N4O. The van der Waals surface area contributed by atoms with Gasteiger partial charge in [0.25, 0.3) is 0 Å². The molecule has 5 heteroatoms. The van der Waals surface area contributed by atoms with Gasteiger partial charge in [-0.2, -0.15) is 0 Å². The molecule has 2 N–H and O–H groups in total. The number of anilines is 1. The second-order valence-corrected chi connectivity index (χ2v) is 5.99. The summed E-state index contributed by atoms with van der Waals surface area (Å²) in [4.78, 5) is 11.0. The molecule has 0 spiro atoms. The molecule has 1 fully saturated rings. The van der Waals surface area contributed by atoms with E-state index in [0.717, 1.165) is 36.9 Å². The van der Waals surface area contributed by atoms with Crippen LogP contribution in [-0.2, 0) is 0 Å². The third-order valence-electron chi connectivity index (χ3n) is 3.82. The maximum absolute atomic E-state index is 10.1. The summed E-state index contributed by atoms with van der Waals surface area (Å²) in [6.07, 6.45) is 2.09. The number of nitrogens with zero attached hydrogens (tertiary/aromatic N) is 3. The van der Waals surface area contributed by atoms with E-state index in [4.69, 9.17) is 0 Å². The Balaban J connectivity index is 1.75. The summed E-state index contributed by atoms with van der Waals surface area (Å²) < 4.78 is 0. The monoisotopic (exact) mass is 278 g/mol. The molecule has 0 aliphatic carbocycles. The Bertz CT molecular complexity index is 410. The Hall–Kier alpha value is -1.20. The molecule has 0 amide bonds. The van der Waals surface area contributed by atoms with Crippen LogP contribution in [-0.4, -0.2) is 52.3 Å². The summed E-state index contributed by atoms with van der Waals surface area (Å²) in [5, 5.41) is 13.2. The van der Waals surface area contributed by atoms with E-state index in [1.165, 1.54) is 12.8 Å². The normalized spacial score (nSPS) is 19.0. The second-order valence-electron chi connectivity index (χ2n) is 5.99. The zero-order valence-electron chi connectivity index (χ0n) is 12.8. The minimum Gasteiger partial charge on any atom is -0.390 e. The van der Waals surface area contributed by atoms with Gasteiger partial charge in [-0.1, -0.05) is 6.92 Å². The van der Waals surface area contributed by atoms with Gasteiger partial charge < -0.3 is 15.3 Å². The van der Waals surface area contributed by atoms with Crippen LogP contribution in [0.4, 0.5) is 5.95 Å². The number of nitrogens with one attached hydrogen (secondary N) is 1. The third-order valence-corrected chi connectivity index (χ3v) is 3.82. The number of aliphatic hydroxyl groups is 1. The van der Waals surface area contributed by atoms with Crippen molar-refractivity contribution in [3.8, 4) is 0 Å². The van der Waals surface area contributed by atoms with Crippen molar-refractivity contribution >= 4 is 5.95 Å². The molecule has 5 nitrogen and oxygen atoms in total. The van der Waals surface area contributed by atoms with Gasteiger partial charge in [0.15, 0.2) is 0 Å². The molecule has 1 aliphatic rings. The van der Waals surface area contributed by atoms with Crippen molar-refractivity contribution in [1.29, 1.82) is 0 Å². The van der Waals surface area contributed by atoms with Gasteiger partial charge in [-0.05, 0) is 51.8 Å². The molecule has 20 heavy (non-hydrogen) atoms. The van der Waals surface area contributed by atoms with Crippen molar-refractivity contribution in [2.24, 2.45) is 5.92 Å². The van der Waals surface area contributed by atoms with E-state index < -0.39 is 0 Å². The van der Waals surface area contributed by atoms with Crippen molar-refractivity contribution in [2.45, 2.75) is 39.7 Å². The number of rotatable bonds is 5. The highest BCUT2D eigenvalue weighted by atomic mass is 16.3. The van der Waals surface area contributed by atoms with Gasteiger partial charge in [-0.3, -0.25) is 0 Å². The maximum atomic E-state index is 10.1. The highest BCUT2D eigenvalue weighted by Crippen LogP contribution is 2.16. The van der Waals surface area contributed by atoms with E-state index in [1.54, 1.807) is 0 Å². The summed E-state index contributed by atoms with van der Waals surface area (Å²) in [6.45, 7) is 9.61. The van der Waals surface area contributed by atoms with Crippen LogP contribution < -0.4 is 5.32 Å². The van der Waals surface area contributed by atoms with Gasteiger partial charge in [0.1, 0.15) is 0 Å². The molecular weight excluding hydrogens is 252 g/mol. The van der Waals surface area contributed by atoms with Crippen LogP contribution in [0, 0.1) is 19.8 Å². The summed E-state index contributed by atoms with van der Waals surface area (Å²) in [6, 6.07) is 1.94. The molecule has 1 atom stereocenters. The average Bonchev–Trinajstić information content (AvgIpc) is 2.38. The van der Waals surface area contributed by atoms with E-state index in [9.17, 15) is 5.11 Å². The fraction of sp³-hybridized carbons (Fsp3) is 0.733. The lowest BCUT2D eigenvalue weighted by atomic mass is 9.99. The quantitative estimate of drug-likeness (QED) is 0.856. The van der Waals surface area contributed by atoms with Crippen LogP contribution in [0.5, 0.6) is 0 Å². The number of aromatic nitrogens is 2. The number of hydrogen-bond acceptors (Lipinski definition) is 5. The number of aryl methyl sites for hydroxylation is 2. The first-order valence-corrected chi connectivity index (χ1v) is 7.49. The lowest BCUT2D eigenvalue weighted by Gasteiger charge is -2.31. The van der Waals surface area contributed by atoms with Crippen LogP contribution in [0.25, 0.3) is 0 Å². The van der Waals surface area contributed by atoms with Gasteiger partial charge in [-0.15, -0.1) is 0 Å². The SMILES string of the molecule is Cc1cc(C)nc(NC[C@@H](O)CN2CCC(C)CC2)n1. The first-order valence-electron chi connectivity index (χ1n) is 7.49. The van der Waals surface area contributed by atoms with Gasteiger partial charge in [0, 0.05) is 24.5 Å². The van der Waals surface area contributed by atoms with Gasteiger partial charge in [-0.25, -0.2) is 9.97 Å². The van der Waals surface area contributed by atoms with E-state index >= 15 is 0 Å². The second kappa shape index (κ2) is 6.99. The summed E-state index contributed by atoms with van der Waals surface area (Å²) >= 11 is 0. The van der Waals surface area contributed by atoms with E-state index in [1.807, 2.05) is 19.9 Å². The highest BCUT2D eigenvalue weighted by Gasteiger charge is 2.18. The Morgan fingerprint density at radius 1 is 1.30 bits per heavy atom. The lowest BCUT2D eigenvalue weighted by molar-refractivity contribution is 0.0989. The molecule has 2 heterocycles. The fourth-order valence-electron chi connectivity index (χ4n) is 2.62. The van der Waals surface area contributed by atoms with Crippen LogP contribution in [0.2, 0.25) is 0 Å². The van der Waals surface area contributed by atoms with E-state index in [0.29, 0.717) is 12.5 Å². The number of β-amino-alcohol motifs (C(OH)–C–C–N with tert-alkyl or cyclic N) is 1. The predicted octanol–water partition coefficient (Wildman–Crippen LogP) is 1.60. The highest BCUT2D eigenvalue weighted by molar-refractivity contribution is 5.27. The Morgan fingerprint density at radius 2 is 1.90 bits per heavy atom. The maximum Gasteiger partial charge on any atom is 0.223 e. The smallest absolute Gasteiger partial charge is 0.223 e. The summed E-state index contributed by atoms with van der Waals surface area (Å²) in [5.74, 6) is 1.43. The minimum atomic E-state index is -0.382. The van der Waals surface area contributed by atoms with Crippen LogP contribution in [0.3, 0.4) is 0 Å². The van der Waals surface area contributed by atoms with Gasteiger partial charge in [0.2, 0.25) is 5.95 Å². The van der Waals surface area contributed by atoms with Gasteiger partial charge in [0.05, 0.1) is 6.10 Å². The minimum absolute atomic E-state index is 0.382. The van der Waals surface area contributed by atoms with Crippen LogP contribution in [0.1, 0.15) is 31.2 Å². The van der Waals surface area contributed by atoms with Crippen LogP contribution in [0.15, 0.2) is 6.07 Å². The average molecular weight is 278 g/mol. The number of hydrogen-bond donors (Lipinski definition) is 2. The Labute approximate surface area is 121 Å². The number of likely N-dealkylation sites (tertiary alicyclic amines) is 1. The molecule has 0 radical (unpaired) electrons. The number of piperidine rings is 1. The lowest BCUT2D eigenvalue weighted by Crippen LogP contribution is -2.40. The first-order chi connectivity index (χ1) is 9.52. The largest absolute Gasteiger partial charge is 0.390 e. The zero-order chi connectivity index (χ0) is 14.5. The first kappa shape index (κ1) is 15.2. The standard InChI is InChI=1S/C15H26N4O/c1-11-4-6-19(7-5-11)10-14(20)9-16-15-17-12(2)8-13(3)18-15/h8,11,14,20H,4-7,9-10H2,1-3H3,(H,16,17,18)/t14-/m1/s1. The Morgan fingerprint density at radius 3 is 2.50 bits per heavy atom. The molecule has 0 aromatic carbocycles. The fourth-order valence-corrected chi connectivity index (χ4v) is 2.62. The van der Waals surface area contributed by atoms with Crippen molar-refractivity contribution < 1.29 is 5.11 Å². The van der Waals surface area contributed by atoms with Crippen LogP contribution >= 0.6 is 0 Å². The third kappa shape index (κ3) is 4.72. The topological polar surface area (TPSA) is 61.3 Å². The molecule has 2 rings (SSSR count). The molecule has 0 bridgehead atoms. The number of aliphatic hydroxyl groups excluding tert-OH is 1. The molecule has 0 saturated carbocycles. The van der Waals surface area contributed by atoms with E-state index in [-0.39, 0.29) is 6.10 Å². The molecule has 1 aliphatic heterocycles. The van der Waals surface area contributed by atoms with Gasteiger partial charge >= 0.3 is 0 Å². The zero-order valence-corrected chi connectivity index (χ0v) is 12.8. The molecule has 1 saturated heterocycles. The van der Waals surface area contributed by atoms with Crippen molar-refractivity contribution in [2.75, 3.05) is 31.5 Å². The molecule has 112 valence electrons. The molecule has 1 aromatic heterocycles. The summed E-state index contributed by atoms with van der Waals surface area (Å²) in [7, 11) is 0. The summed E-state index contributed by atoms with van der Waals surface area (Å²) in [5.41, 5.74) is 1.89. The molecule has 0 unspecified atom stereocenters. The molecule has 1 aromatic rings. The van der Waals surface area contributed by atoms with Crippen molar-refractivity contribution in [3.05, 3.63) is 17.5 Å². The van der Waals surface area contributed by atoms with Crippen molar-refractivity contribution in [1.82, 2.24) is 14.9 Å².